The van der Waals surface area contributed by atoms with Crippen molar-refractivity contribution in [3.05, 3.63) is 21.3 Å². The topological polar surface area (TPSA) is 66.8 Å². The van der Waals surface area contributed by atoms with Crippen molar-refractivity contribution in [2.24, 2.45) is 0 Å². The van der Waals surface area contributed by atoms with Gasteiger partial charge < -0.3 is 14.9 Å². The fraction of sp³-hybridized carbons (Fsp3) is 0.125. The van der Waals surface area contributed by atoms with Crippen molar-refractivity contribution in [3.63, 3.8) is 0 Å². The van der Waals surface area contributed by atoms with E-state index in [1.54, 1.807) is 0 Å². The van der Waals surface area contributed by atoms with Crippen molar-refractivity contribution in [1.29, 1.82) is 0 Å². The van der Waals surface area contributed by atoms with Crippen molar-refractivity contribution in [2.75, 3.05) is 7.11 Å². The molecule has 0 aliphatic rings. The quantitative estimate of drug-likeness (QED) is 0.815. The minimum atomic E-state index is -1.07. The van der Waals surface area contributed by atoms with Crippen LogP contribution in [0.3, 0.4) is 0 Å². The molecule has 0 amide bonds. The first-order valence-electron chi connectivity index (χ1n) is 3.36. The molecule has 0 radical (unpaired) electrons. The lowest BCUT2D eigenvalue weighted by Gasteiger charge is -2.05. The normalized spacial score (nSPS) is 9.69. The van der Waals surface area contributed by atoms with Gasteiger partial charge >= 0.3 is 5.97 Å². The van der Waals surface area contributed by atoms with E-state index in [1.807, 2.05) is 22.6 Å². The second kappa shape index (κ2) is 3.82. The first kappa shape index (κ1) is 10.1. The Morgan fingerprint density at radius 1 is 1.54 bits per heavy atom. The van der Waals surface area contributed by atoms with E-state index in [0.717, 1.165) is 0 Å². The maximum Gasteiger partial charge on any atom is 0.336 e. The predicted octanol–water partition coefficient (Wildman–Crippen LogP) is 1.70. The van der Waals surface area contributed by atoms with Crippen LogP contribution in [0.15, 0.2) is 12.1 Å². The van der Waals surface area contributed by atoms with Crippen molar-refractivity contribution >= 4 is 28.6 Å². The molecule has 1 aromatic carbocycles. The molecule has 0 aliphatic carbocycles. The molecule has 1 aromatic rings. The molecule has 0 aromatic heterocycles. The van der Waals surface area contributed by atoms with E-state index < -0.39 is 5.97 Å². The number of halogens is 1. The fourth-order valence-electron chi connectivity index (χ4n) is 0.871. The van der Waals surface area contributed by atoms with Gasteiger partial charge in [-0.15, -0.1) is 0 Å². The summed E-state index contributed by atoms with van der Waals surface area (Å²) in [7, 11) is 1.41. The minimum absolute atomic E-state index is 0.0684. The molecule has 1 rings (SSSR count). The number of carbonyl (C=O) groups is 1. The Balaban J connectivity index is 3.28. The smallest absolute Gasteiger partial charge is 0.336 e. The molecule has 0 fully saturated rings. The molecule has 0 heterocycles. The number of phenols is 1. The van der Waals surface area contributed by atoms with Crippen molar-refractivity contribution < 1.29 is 19.7 Å². The highest BCUT2D eigenvalue weighted by atomic mass is 127. The van der Waals surface area contributed by atoms with Gasteiger partial charge in [-0.25, -0.2) is 4.79 Å². The summed E-state index contributed by atoms with van der Waals surface area (Å²) in [4.78, 5) is 10.6. The molecule has 0 spiro atoms. The van der Waals surface area contributed by atoms with Crippen LogP contribution in [-0.4, -0.2) is 23.3 Å². The molecular weight excluding hydrogens is 287 g/mol. The van der Waals surface area contributed by atoms with Gasteiger partial charge in [0.25, 0.3) is 0 Å². The van der Waals surface area contributed by atoms with Gasteiger partial charge in [-0.1, -0.05) is 0 Å². The largest absolute Gasteiger partial charge is 0.504 e. The number of benzene rings is 1. The molecule has 0 unspecified atom stereocenters. The molecule has 13 heavy (non-hydrogen) atoms. The van der Waals surface area contributed by atoms with Gasteiger partial charge in [0.05, 0.1) is 12.7 Å². The number of aromatic carboxylic acids is 1. The molecule has 0 bridgehead atoms. The van der Waals surface area contributed by atoms with Crippen LogP contribution in [0.5, 0.6) is 11.5 Å². The third-order valence-corrected chi connectivity index (χ3v) is 2.39. The molecular formula is C8H7IO4. The van der Waals surface area contributed by atoms with Crippen molar-refractivity contribution in [2.45, 2.75) is 0 Å². The summed E-state index contributed by atoms with van der Waals surface area (Å²) >= 11 is 1.87. The molecule has 0 saturated carbocycles. The first-order chi connectivity index (χ1) is 6.06. The van der Waals surface area contributed by atoms with Crippen LogP contribution < -0.4 is 4.74 Å². The Morgan fingerprint density at radius 2 is 2.15 bits per heavy atom. The molecule has 0 saturated heterocycles. The zero-order valence-corrected chi connectivity index (χ0v) is 8.90. The Bertz CT molecular complexity index is 348. The summed E-state index contributed by atoms with van der Waals surface area (Å²) in [5.41, 5.74) is 0.0684. The third-order valence-electron chi connectivity index (χ3n) is 1.50. The number of carboxylic acid groups (broad SMARTS) is 1. The van der Waals surface area contributed by atoms with Gasteiger partial charge in [0.2, 0.25) is 0 Å². The van der Waals surface area contributed by atoms with Crippen molar-refractivity contribution in [1.82, 2.24) is 0 Å². The monoisotopic (exact) mass is 294 g/mol. The Labute approximate surface area is 88.3 Å². The van der Waals surface area contributed by atoms with E-state index >= 15 is 0 Å². The number of aromatic hydroxyl groups is 1. The summed E-state index contributed by atoms with van der Waals surface area (Å²) in [6.07, 6.45) is 0. The molecule has 70 valence electrons. The number of hydrogen-bond acceptors (Lipinski definition) is 3. The number of methoxy groups -OCH3 is 1. The Hall–Kier alpha value is -0.980. The van der Waals surface area contributed by atoms with Gasteiger partial charge in [0, 0.05) is 3.57 Å². The van der Waals surface area contributed by atoms with Gasteiger partial charge in [0.1, 0.15) is 0 Å². The lowest BCUT2D eigenvalue weighted by Crippen LogP contribution is -2.00. The molecule has 0 atom stereocenters. The highest BCUT2D eigenvalue weighted by Crippen LogP contribution is 2.30. The van der Waals surface area contributed by atoms with Gasteiger partial charge in [0.15, 0.2) is 11.5 Å². The Kier molecular flexibility index (Phi) is 2.97. The number of hydrogen-bond donors (Lipinski definition) is 2. The second-order valence-corrected chi connectivity index (χ2v) is 3.47. The molecule has 5 heteroatoms. The Morgan fingerprint density at radius 3 is 2.62 bits per heavy atom. The molecule has 2 N–H and O–H groups in total. The second-order valence-electron chi connectivity index (χ2n) is 2.31. The average molecular weight is 294 g/mol. The minimum Gasteiger partial charge on any atom is -0.504 e. The van der Waals surface area contributed by atoms with E-state index in [1.165, 1.54) is 19.2 Å². The van der Waals surface area contributed by atoms with E-state index in [4.69, 9.17) is 9.84 Å². The summed E-state index contributed by atoms with van der Waals surface area (Å²) in [5, 5.41) is 18.0. The lowest BCUT2D eigenvalue weighted by atomic mass is 10.2. The standard InChI is InChI=1S/C8H7IO4/c1-13-7-3-5(9)4(8(11)12)2-6(7)10/h2-3,10H,1H3,(H,11,12). The van der Waals surface area contributed by atoms with Gasteiger partial charge in [-0.05, 0) is 34.7 Å². The SMILES string of the molecule is COc1cc(I)c(C(=O)O)cc1O. The summed E-state index contributed by atoms with van der Waals surface area (Å²) < 4.78 is 5.34. The number of rotatable bonds is 2. The van der Waals surface area contributed by atoms with E-state index in [2.05, 4.69) is 0 Å². The zero-order valence-electron chi connectivity index (χ0n) is 6.74. The average Bonchev–Trinajstić information content (AvgIpc) is 2.07. The number of phenolic OH excluding ortho intramolecular Hbond substituents is 1. The van der Waals surface area contributed by atoms with Crippen molar-refractivity contribution in [3.8, 4) is 11.5 Å². The zero-order chi connectivity index (χ0) is 10.0. The number of carboxylic acids is 1. The maximum atomic E-state index is 10.6. The molecule has 0 aliphatic heterocycles. The van der Waals surface area contributed by atoms with Crippen LogP contribution in [-0.2, 0) is 0 Å². The van der Waals surface area contributed by atoms with Crippen LogP contribution in [0.4, 0.5) is 0 Å². The number of ether oxygens (including phenoxy) is 1. The maximum absolute atomic E-state index is 10.6. The van der Waals surface area contributed by atoms with E-state index in [9.17, 15) is 9.90 Å². The van der Waals surface area contributed by atoms with Gasteiger partial charge in [-0.2, -0.15) is 0 Å². The highest BCUT2D eigenvalue weighted by Gasteiger charge is 2.12. The summed E-state index contributed by atoms with van der Waals surface area (Å²) in [6, 6.07) is 2.64. The molecule has 4 nitrogen and oxygen atoms in total. The predicted molar refractivity (Wildman–Crippen MR) is 54.3 cm³/mol. The van der Waals surface area contributed by atoms with Gasteiger partial charge in [-0.3, -0.25) is 0 Å². The van der Waals surface area contributed by atoms with Crippen LogP contribution in [0, 0.1) is 3.57 Å². The first-order valence-corrected chi connectivity index (χ1v) is 4.44. The lowest BCUT2D eigenvalue weighted by molar-refractivity contribution is 0.0695. The van der Waals surface area contributed by atoms with Crippen LogP contribution in [0.2, 0.25) is 0 Å². The van der Waals surface area contributed by atoms with Crippen LogP contribution in [0.1, 0.15) is 10.4 Å². The fourth-order valence-corrected chi connectivity index (χ4v) is 1.54. The highest BCUT2D eigenvalue weighted by molar-refractivity contribution is 14.1. The van der Waals surface area contributed by atoms with Crippen LogP contribution in [0.25, 0.3) is 0 Å². The summed E-state index contributed by atoms with van der Waals surface area (Å²) in [5.74, 6) is -0.961. The third kappa shape index (κ3) is 2.03. The summed E-state index contributed by atoms with van der Waals surface area (Å²) in [6.45, 7) is 0. The van der Waals surface area contributed by atoms with E-state index in [-0.39, 0.29) is 17.1 Å². The van der Waals surface area contributed by atoms with Crippen LogP contribution >= 0.6 is 22.6 Å². The van der Waals surface area contributed by atoms with E-state index in [0.29, 0.717) is 3.57 Å².